The monoisotopic (exact) mass is 266 g/mol. The number of allylic oxidation sites excluding steroid dienone is 2. The van der Waals surface area contributed by atoms with Crippen LogP contribution in [0.2, 0.25) is 0 Å². The summed E-state index contributed by atoms with van der Waals surface area (Å²) in [5.74, 6) is -0.438. The normalized spacial score (nSPS) is 12.2. The maximum Gasteiger partial charge on any atom is 0.200 e. The summed E-state index contributed by atoms with van der Waals surface area (Å²) in [5.41, 5.74) is 1.45. The number of carbonyl (C=O) groups excluding carboxylic acids is 1. The average Bonchev–Trinajstić information content (AvgIpc) is 2.51. The van der Waals surface area contributed by atoms with Gasteiger partial charge in [-0.1, -0.05) is 60.7 Å². The summed E-state index contributed by atoms with van der Waals surface area (Å²) in [6.07, 6.45) is 1.54. The van der Waals surface area contributed by atoms with E-state index in [9.17, 15) is 15.0 Å². The van der Waals surface area contributed by atoms with E-state index in [1.807, 2.05) is 12.1 Å². The predicted molar refractivity (Wildman–Crippen MR) is 79.1 cm³/mol. The van der Waals surface area contributed by atoms with Gasteiger partial charge >= 0.3 is 0 Å². The molecule has 0 spiro atoms. The molecule has 3 heteroatoms. The fourth-order valence-electron chi connectivity index (χ4n) is 1.91. The number of Topliss-reactive ketones (excluding diaryl/α,β-unsaturated/α-hetero) is 1. The first-order valence-electron chi connectivity index (χ1n) is 6.12. The number of ketones is 1. The zero-order valence-corrected chi connectivity index (χ0v) is 10.7. The Hall–Kier alpha value is -2.81. The van der Waals surface area contributed by atoms with Crippen LogP contribution < -0.4 is 0 Å². The molecule has 0 unspecified atom stereocenters. The highest BCUT2D eigenvalue weighted by atomic mass is 16.2. The van der Waals surface area contributed by atoms with Crippen LogP contribution in [0.5, 0.6) is 0 Å². The van der Waals surface area contributed by atoms with Crippen molar-refractivity contribution >= 4 is 16.9 Å². The quantitative estimate of drug-likeness (QED) is 0.654. The van der Waals surface area contributed by atoms with Crippen LogP contribution in [0.15, 0.2) is 73.2 Å². The molecule has 0 amide bonds. The molecule has 0 aliphatic heterocycles. The molecule has 0 saturated carbocycles. The van der Waals surface area contributed by atoms with Crippen molar-refractivity contribution in [3.63, 3.8) is 0 Å². The first kappa shape index (κ1) is 13.6. The number of hydrogen-bond acceptors (Lipinski definition) is 3. The van der Waals surface area contributed by atoms with Gasteiger partial charge in [-0.2, -0.15) is 0 Å². The Morgan fingerprint density at radius 2 is 1.05 bits per heavy atom. The van der Waals surface area contributed by atoms with Crippen LogP contribution >= 0.6 is 0 Å². The highest BCUT2D eigenvalue weighted by Crippen LogP contribution is 2.24. The Labute approximate surface area is 117 Å². The van der Waals surface area contributed by atoms with E-state index in [4.69, 9.17) is 0 Å². The van der Waals surface area contributed by atoms with Crippen LogP contribution in [0.3, 0.4) is 0 Å². The van der Waals surface area contributed by atoms with E-state index in [2.05, 4.69) is 0 Å². The van der Waals surface area contributed by atoms with E-state index in [0.29, 0.717) is 11.1 Å². The van der Waals surface area contributed by atoms with Crippen LogP contribution in [0, 0.1) is 0 Å². The van der Waals surface area contributed by atoms with Crippen molar-refractivity contribution in [1.29, 1.82) is 0 Å². The first-order valence-corrected chi connectivity index (χ1v) is 6.12. The summed E-state index contributed by atoms with van der Waals surface area (Å²) < 4.78 is 0. The van der Waals surface area contributed by atoms with E-state index in [-0.39, 0.29) is 11.1 Å². The lowest BCUT2D eigenvalue weighted by molar-refractivity contribution is -0.108. The standard InChI is InChI=1S/C17H14O3/c18-11-15(13-7-3-1-4-8-13)17(20)16(12-19)14-9-5-2-6-10-14/h1-12,18-19H/b15-11-,16-12+. The van der Waals surface area contributed by atoms with Crippen LogP contribution in [0.4, 0.5) is 0 Å². The van der Waals surface area contributed by atoms with Crippen molar-refractivity contribution in [1.82, 2.24) is 0 Å². The predicted octanol–water partition coefficient (Wildman–Crippen LogP) is 3.75. The highest BCUT2D eigenvalue weighted by molar-refractivity contribution is 6.41. The third-order valence-corrected chi connectivity index (χ3v) is 2.92. The van der Waals surface area contributed by atoms with Crippen molar-refractivity contribution in [3.05, 3.63) is 84.3 Å². The van der Waals surface area contributed by atoms with Gasteiger partial charge in [0.25, 0.3) is 0 Å². The molecule has 0 radical (unpaired) electrons. The Balaban J connectivity index is 2.39. The van der Waals surface area contributed by atoms with Gasteiger partial charge < -0.3 is 10.2 Å². The van der Waals surface area contributed by atoms with Gasteiger partial charge in [-0.05, 0) is 11.1 Å². The van der Waals surface area contributed by atoms with Gasteiger partial charge in [0.1, 0.15) is 0 Å². The number of aliphatic hydroxyl groups excluding tert-OH is 2. The smallest absolute Gasteiger partial charge is 0.200 e. The van der Waals surface area contributed by atoms with Gasteiger partial charge in [-0.15, -0.1) is 0 Å². The summed E-state index contributed by atoms with van der Waals surface area (Å²) >= 11 is 0. The molecule has 100 valence electrons. The Morgan fingerprint density at radius 3 is 1.35 bits per heavy atom. The van der Waals surface area contributed by atoms with Crippen molar-refractivity contribution in [2.45, 2.75) is 0 Å². The summed E-state index contributed by atoms with van der Waals surface area (Å²) in [6, 6.07) is 17.6. The zero-order chi connectivity index (χ0) is 14.4. The third kappa shape index (κ3) is 2.78. The number of rotatable bonds is 4. The van der Waals surface area contributed by atoms with Gasteiger partial charge in [0.2, 0.25) is 0 Å². The molecule has 2 N–H and O–H groups in total. The number of benzene rings is 2. The van der Waals surface area contributed by atoms with Crippen molar-refractivity contribution in [2.24, 2.45) is 0 Å². The summed E-state index contributed by atoms with van der Waals surface area (Å²) in [6.45, 7) is 0. The lowest BCUT2D eigenvalue weighted by atomic mass is 9.94. The second-order valence-corrected chi connectivity index (χ2v) is 4.15. The van der Waals surface area contributed by atoms with Crippen LogP contribution in [0.1, 0.15) is 11.1 Å². The topological polar surface area (TPSA) is 57.5 Å². The van der Waals surface area contributed by atoms with E-state index in [1.165, 1.54) is 0 Å². The summed E-state index contributed by atoms with van der Waals surface area (Å²) in [4.78, 5) is 12.4. The van der Waals surface area contributed by atoms with Gasteiger partial charge in [-0.3, -0.25) is 4.79 Å². The van der Waals surface area contributed by atoms with Crippen LogP contribution in [-0.2, 0) is 4.79 Å². The Bertz CT molecular complexity index is 583. The third-order valence-electron chi connectivity index (χ3n) is 2.92. The largest absolute Gasteiger partial charge is 0.515 e. The van der Waals surface area contributed by atoms with E-state index >= 15 is 0 Å². The molecule has 0 saturated heterocycles. The van der Waals surface area contributed by atoms with Gasteiger partial charge in [0, 0.05) is 0 Å². The van der Waals surface area contributed by atoms with Gasteiger partial charge in [0.15, 0.2) is 5.78 Å². The molecule has 0 aromatic heterocycles. The molecule has 0 bridgehead atoms. The molecule has 20 heavy (non-hydrogen) atoms. The molecule has 2 aromatic rings. The van der Waals surface area contributed by atoms with Crippen molar-refractivity contribution in [2.75, 3.05) is 0 Å². The van der Waals surface area contributed by atoms with Crippen LogP contribution in [0.25, 0.3) is 11.1 Å². The summed E-state index contributed by atoms with van der Waals surface area (Å²) in [5, 5.41) is 18.7. The Kier molecular flexibility index (Phi) is 4.35. The van der Waals surface area contributed by atoms with Crippen LogP contribution in [-0.4, -0.2) is 16.0 Å². The van der Waals surface area contributed by atoms with Crippen molar-refractivity contribution < 1.29 is 15.0 Å². The summed E-state index contributed by atoms with van der Waals surface area (Å²) in [7, 11) is 0. The lowest BCUT2D eigenvalue weighted by Gasteiger charge is -2.08. The highest BCUT2D eigenvalue weighted by Gasteiger charge is 2.18. The van der Waals surface area contributed by atoms with E-state index in [0.717, 1.165) is 12.5 Å². The number of aliphatic hydroxyl groups is 2. The first-order chi connectivity index (χ1) is 9.77. The Morgan fingerprint density at radius 1 is 0.700 bits per heavy atom. The minimum atomic E-state index is -0.438. The van der Waals surface area contributed by atoms with E-state index < -0.39 is 5.78 Å². The van der Waals surface area contributed by atoms with Gasteiger partial charge in [0.05, 0.1) is 23.7 Å². The molecule has 0 heterocycles. The number of hydrogen-bond donors (Lipinski definition) is 2. The SMILES string of the molecule is O=C(/C(=C\O)c1ccccc1)/C(=C/O)c1ccccc1. The molecule has 0 aliphatic rings. The minimum absolute atomic E-state index is 0.134. The number of carbonyl (C=O) groups is 1. The molecular weight excluding hydrogens is 252 g/mol. The molecule has 0 aliphatic carbocycles. The fraction of sp³-hybridized carbons (Fsp3) is 0. The zero-order valence-electron chi connectivity index (χ0n) is 10.7. The molecular formula is C17H14O3. The molecule has 2 aromatic carbocycles. The maximum absolute atomic E-state index is 12.4. The molecule has 0 atom stereocenters. The molecule has 0 fully saturated rings. The second-order valence-electron chi connectivity index (χ2n) is 4.15. The van der Waals surface area contributed by atoms with Gasteiger partial charge in [-0.25, -0.2) is 0 Å². The average molecular weight is 266 g/mol. The second kappa shape index (κ2) is 6.38. The van der Waals surface area contributed by atoms with Crippen molar-refractivity contribution in [3.8, 4) is 0 Å². The van der Waals surface area contributed by atoms with E-state index in [1.54, 1.807) is 48.5 Å². The maximum atomic E-state index is 12.4. The molecule has 3 nitrogen and oxygen atoms in total. The molecule has 2 rings (SSSR count). The fourth-order valence-corrected chi connectivity index (χ4v) is 1.91. The minimum Gasteiger partial charge on any atom is -0.515 e. The lowest BCUT2D eigenvalue weighted by Crippen LogP contribution is -2.05.